The van der Waals surface area contributed by atoms with E-state index in [0.29, 0.717) is 6.10 Å². The maximum atomic E-state index is 5.86. The molecule has 4 heterocycles. The molecule has 0 aromatic carbocycles. The lowest BCUT2D eigenvalue weighted by atomic mass is 10.1. The Bertz CT molecular complexity index is 658. The van der Waals surface area contributed by atoms with Crippen LogP contribution in [0.25, 0.3) is 5.65 Å². The molecule has 7 heteroatoms. The SMILES string of the molecule is Cc1nnc2ccc(N3CCN(CC4CCCCO4)CC3)nn12. The minimum absolute atomic E-state index is 0.435. The van der Waals surface area contributed by atoms with Gasteiger partial charge in [0.2, 0.25) is 0 Å². The Morgan fingerprint density at radius 3 is 2.78 bits per heavy atom. The number of ether oxygens (including phenoxy) is 1. The fourth-order valence-electron chi connectivity index (χ4n) is 3.45. The Hall–Kier alpha value is -1.73. The highest BCUT2D eigenvalue weighted by Crippen LogP contribution is 2.17. The van der Waals surface area contributed by atoms with E-state index in [1.54, 1.807) is 0 Å². The molecule has 1 atom stereocenters. The number of nitrogens with zero attached hydrogens (tertiary/aromatic N) is 6. The molecule has 2 aromatic heterocycles. The predicted molar refractivity (Wildman–Crippen MR) is 87.8 cm³/mol. The van der Waals surface area contributed by atoms with E-state index in [0.717, 1.165) is 56.6 Å². The quantitative estimate of drug-likeness (QED) is 0.846. The van der Waals surface area contributed by atoms with Crippen molar-refractivity contribution in [3.05, 3.63) is 18.0 Å². The van der Waals surface area contributed by atoms with Crippen molar-refractivity contribution in [2.45, 2.75) is 32.3 Å². The van der Waals surface area contributed by atoms with E-state index in [-0.39, 0.29) is 0 Å². The molecule has 2 aliphatic heterocycles. The van der Waals surface area contributed by atoms with Gasteiger partial charge in [-0.05, 0) is 38.3 Å². The predicted octanol–water partition coefficient (Wildman–Crippen LogP) is 1.12. The Labute approximate surface area is 136 Å². The van der Waals surface area contributed by atoms with Gasteiger partial charge >= 0.3 is 0 Å². The first-order valence-corrected chi connectivity index (χ1v) is 8.57. The first-order valence-electron chi connectivity index (χ1n) is 8.57. The van der Waals surface area contributed by atoms with Crippen molar-refractivity contribution in [3.63, 3.8) is 0 Å². The van der Waals surface area contributed by atoms with Gasteiger partial charge in [-0.3, -0.25) is 4.90 Å². The monoisotopic (exact) mass is 316 g/mol. The molecular weight excluding hydrogens is 292 g/mol. The molecule has 2 fully saturated rings. The zero-order chi connectivity index (χ0) is 15.6. The summed E-state index contributed by atoms with van der Waals surface area (Å²) < 4.78 is 7.68. The molecule has 0 N–H and O–H groups in total. The standard InChI is InChI=1S/C16H24N6O/c1-13-17-18-15-5-6-16(19-22(13)15)21-9-7-20(8-10-21)12-14-4-2-3-11-23-14/h5-6,14H,2-4,7-12H2,1H3. The van der Waals surface area contributed by atoms with Gasteiger partial charge in [-0.15, -0.1) is 15.3 Å². The van der Waals surface area contributed by atoms with Gasteiger partial charge in [0.1, 0.15) is 5.82 Å². The number of anilines is 1. The van der Waals surface area contributed by atoms with E-state index in [1.807, 2.05) is 23.6 Å². The number of piperazine rings is 1. The zero-order valence-corrected chi connectivity index (χ0v) is 13.7. The van der Waals surface area contributed by atoms with E-state index in [4.69, 9.17) is 4.74 Å². The second kappa shape index (κ2) is 6.41. The molecule has 23 heavy (non-hydrogen) atoms. The summed E-state index contributed by atoms with van der Waals surface area (Å²) in [5.41, 5.74) is 0.805. The fourth-order valence-corrected chi connectivity index (χ4v) is 3.45. The fraction of sp³-hybridized carbons (Fsp3) is 0.688. The number of fused-ring (bicyclic) bond motifs is 1. The smallest absolute Gasteiger partial charge is 0.178 e. The molecular formula is C16H24N6O. The summed E-state index contributed by atoms with van der Waals surface area (Å²) in [5, 5.41) is 12.8. The van der Waals surface area contributed by atoms with Crippen LogP contribution in [-0.2, 0) is 4.74 Å². The third kappa shape index (κ3) is 3.16. The van der Waals surface area contributed by atoms with Crippen LogP contribution < -0.4 is 4.90 Å². The molecule has 0 bridgehead atoms. The topological polar surface area (TPSA) is 58.8 Å². The average molecular weight is 316 g/mol. The van der Waals surface area contributed by atoms with Crippen molar-refractivity contribution in [2.75, 3.05) is 44.2 Å². The number of aromatic nitrogens is 4. The number of hydrogen-bond donors (Lipinski definition) is 0. The van der Waals surface area contributed by atoms with Gasteiger partial charge in [0.15, 0.2) is 11.5 Å². The van der Waals surface area contributed by atoms with E-state index < -0.39 is 0 Å². The van der Waals surface area contributed by atoms with Gasteiger partial charge < -0.3 is 9.64 Å². The summed E-state index contributed by atoms with van der Waals surface area (Å²) in [6.45, 7) is 8.09. The van der Waals surface area contributed by atoms with Crippen LogP contribution in [0.3, 0.4) is 0 Å². The molecule has 1 unspecified atom stereocenters. The molecule has 124 valence electrons. The lowest BCUT2D eigenvalue weighted by Crippen LogP contribution is -2.49. The van der Waals surface area contributed by atoms with Crippen LogP contribution in [-0.4, -0.2) is 70.1 Å². The van der Waals surface area contributed by atoms with Crippen LogP contribution in [0.15, 0.2) is 12.1 Å². The zero-order valence-electron chi connectivity index (χ0n) is 13.7. The largest absolute Gasteiger partial charge is 0.377 e. The minimum atomic E-state index is 0.435. The number of rotatable bonds is 3. The second-order valence-corrected chi connectivity index (χ2v) is 6.48. The maximum absolute atomic E-state index is 5.86. The lowest BCUT2D eigenvalue weighted by Gasteiger charge is -2.37. The molecule has 0 saturated carbocycles. The summed E-state index contributed by atoms with van der Waals surface area (Å²) in [6.07, 6.45) is 4.18. The Morgan fingerprint density at radius 1 is 1.13 bits per heavy atom. The van der Waals surface area contributed by atoms with Crippen LogP contribution in [0, 0.1) is 6.92 Å². The second-order valence-electron chi connectivity index (χ2n) is 6.48. The summed E-state index contributed by atoms with van der Waals surface area (Å²) in [6, 6.07) is 4.04. The first kappa shape index (κ1) is 14.8. The normalized spacial score (nSPS) is 23.5. The van der Waals surface area contributed by atoms with Crippen molar-refractivity contribution in [1.82, 2.24) is 24.7 Å². The lowest BCUT2D eigenvalue weighted by molar-refractivity contribution is -0.00647. The number of aryl methyl sites for hydroxylation is 1. The van der Waals surface area contributed by atoms with Crippen LogP contribution in [0.5, 0.6) is 0 Å². The van der Waals surface area contributed by atoms with E-state index in [1.165, 1.54) is 19.3 Å². The summed E-state index contributed by atoms with van der Waals surface area (Å²) >= 11 is 0. The van der Waals surface area contributed by atoms with Crippen LogP contribution in [0.2, 0.25) is 0 Å². The summed E-state index contributed by atoms with van der Waals surface area (Å²) in [7, 11) is 0. The average Bonchev–Trinajstić information content (AvgIpc) is 2.97. The molecule has 0 spiro atoms. The van der Waals surface area contributed by atoms with Crippen molar-refractivity contribution in [3.8, 4) is 0 Å². The van der Waals surface area contributed by atoms with Crippen molar-refractivity contribution in [1.29, 1.82) is 0 Å². The van der Waals surface area contributed by atoms with Gasteiger partial charge in [-0.25, -0.2) is 0 Å². The molecule has 4 rings (SSSR count). The Morgan fingerprint density at radius 2 is 2.00 bits per heavy atom. The van der Waals surface area contributed by atoms with Gasteiger partial charge in [0.05, 0.1) is 6.10 Å². The Balaban J connectivity index is 1.37. The van der Waals surface area contributed by atoms with Crippen molar-refractivity contribution < 1.29 is 4.74 Å². The van der Waals surface area contributed by atoms with Crippen LogP contribution >= 0.6 is 0 Å². The highest BCUT2D eigenvalue weighted by atomic mass is 16.5. The number of hydrogen-bond acceptors (Lipinski definition) is 6. The molecule has 0 radical (unpaired) electrons. The Kier molecular flexibility index (Phi) is 4.13. The third-order valence-electron chi connectivity index (χ3n) is 4.84. The first-order chi connectivity index (χ1) is 11.3. The maximum Gasteiger partial charge on any atom is 0.178 e. The molecule has 2 saturated heterocycles. The highest BCUT2D eigenvalue weighted by molar-refractivity contribution is 5.46. The van der Waals surface area contributed by atoms with E-state index >= 15 is 0 Å². The van der Waals surface area contributed by atoms with Gasteiger partial charge in [-0.1, -0.05) is 0 Å². The summed E-state index contributed by atoms with van der Waals surface area (Å²) in [4.78, 5) is 4.87. The molecule has 0 aliphatic carbocycles. The van der Waals surface area contributed by atoms with Gasteiger partial charge in [0, 0.05) is 39.3 Å². The molecule has 2 aromatic rings. The van der Waals surface area contributed by atoms with Crippen LogP contribution in [0.4, 0.5) is 5.82 Å². The summed E-state index contributed by atoms with van der Waals surface area (Å²) in [5.74, 6) is 1.84. The van der Waals surface area contributed by atoms with E-state index in [9.17, 15) is 0 Å². The van der Waals surface area contributed by atoms with Gasteiger partial charge in [0.25, 0.3) is 0 Å². The minimum Gasteiger partial charge on any atom is -0.377 e. The van der Waals surface area contributed by atoms with E-state index in [2.05, 4.69) is 25.1 Å². The van der Waals surface area contributed by atoms with Crippen molar-refractivity contribution >= 4 is 11.5 Å². The van der Waals surface area contributed by atoms with Gasteiger partial charge in [-0.2, -0.15) is 4.52 Å². The molecule has 2 aliphatic rings. The third-order valence-corrected chi connectivity index (χ3v) is 4.84. The van der Waals surface area contributed by atoms with Crippen molar-refractivity contribution in [2.24, 2.45) is 0 Å². The van der Waals surface area contributed by atoms with Crippen LogP contribution in [0.1, 0.15) is 25.1 Å². The molecule has 7 nitrogen and oxygen atoms in total. The molecule has 0 amide bonds. The highest BCUT2D eigenvalue weighted by Gasteiger charge is 2.22.